The summed E-state index contributed by atoms with van der Waals surface area (Å²) in [5.41, 5.74) is 0.287. The lowest BCUT2D eigenvalue weighted by molar-refractivity contribution is 0.586. The third kappa shape index (κ3) is 2.72. The second-order valence-corrected chi connectivity index (χ2v) is 4.72. The Balaban J connectivity index is 2.07. The number of benzene rings is 1. The number of nitrogens with one attached hydrogen (secondary N) is 1. The fourth-order valence-electron chi connectivity index (χ4n) is 1.41. The Morgan fingerprint density at radius 2 is 2.31 bits per heavy atom. The molecule has 0 bridgehead atoms. The molecule has 0 amide bonds. The summed E-state index contributed by atoms with van der Waals surface area (Å²) in [6.07, 6.45) is 0. The van der Waals surface area contributed by atoms with Crippen LogP contribution in [0.1, 0.15) is 12.5 Å². The second-order valence-electron chi connectivity index (χ2n) is 3.71. The maximum Gasteiger partial charge on any atom is 0.157 e. The number of hydrogen-bond acceptors (Lipinski definition) is 2. The third-order valence-electron chi connectivity index (χ3n) is 2.24. The van der Waals surface area contributed by atoms with Crippen LogP contribution in [0.2, 0.25) is 0 Å². The highest BCUT2D eigenvalue weighted by atomic mass is 32.2. The summed E-state index contributed by atoms with van der Waals surface area (Å²) in [4.78, 5) is 4.21. The van der Waals surface area contributed by atoms with Gasteiger partial charge in [-0.2, -0.15) is 0 Å². The van der Waals surface area contributed by atoms with Crippen molar-refractivity contribution in [3.8, 4) is 0 Å². The van der Waals surface area contributed by atoms with Gasteiger partial charge in [-0.25, -0.2) is 8.78 Å². The van der Waals surface area contributed by atoms with E-state index in [9.17, 15) is 8.78 Å². The Kier molecular flexibility index (Phi) is 3.43. The Morgan fingerprint density at radius 1 is 1.50 bits per heavy atom. The van der Waals surface area contributed by atoms with Crippen LogP contribution in [-0.4, -0.2) is 17.0 Å². The molecule has 1 saturated heterocycles. The smallest absolute Gasteiger partial charge is 0.157 e. The zero-order chi connectivity index (χ0) is 11.5. The molecule has 1 fully saturated rings. The third-order valence-corrected chi connectivity index (χ3v) is 3.43. The van der Waals surface area contributed by atoms with Gasteiger partial charge in [0.25, 0.3) is 0 Å². The molecule has 0 spiro atoms. The monoisotopic (exact) mass is 242 g/mol. The first-order valence-corrected chi connectivity index (χ1v) is 6.01. The number of thioether (sulfide) groups is 1. The molecule has 0 saturated carbocycles. The van der Waals surface area contributed by atoms with Gasteiger partial charge in [-0.05, 0) is 25.1 Å². The van der Waals surface area contributed by atoms with E-state index < -0.39 is 11.6 Å². The summed E-state index contributed by atoms with van der Waals surface area (Å²) < 4.78 is 26.1. The predicted molar refractivity (Wildman–Crippen MR) is 62.6 cm³/mol. The molecule has 1 aromatic rings. The number of halogens is 2. The average Bonchev–Trinajstić information content (AvgIpc) is 2.66. The molecule has 1 unspecified atom stereocenters. The first-order chi connectivity index (χ1) is 7.65. The van der Waals surface area contributed by atoms with Crippen LogP contribution >= 0.6 is 11.8 Å². The van der Waals surface area contributed by atoms with Crippen LogP contribution in [0.5, 0.6) is 0 Å². The number of amidine groups is 1. The van der Waals surface area contributed by atoms with Crippen molar-refractivity contribution in [1.29, 1.82) is 0 Å². The number of aliphatic imine (C=N–C) groups is 1. The molecule has 0 aromatic heterocycles. The number of rotatable bonds is 2. The quantitative estimate of drug-likeness (QED) is 0.862. The maximum atomic E-state index is 13.3. The van der Waals surface area contributed by atoms with Crippen LogP contribution < -0.4 is 5.32 Å². The highest BCUT2D eigenvalue weighted by Gasteiger charge is 2.15. The van der Waals surface area contributed by atoms with Crippen molar-refractivity contribution in [2.75, 3.05) is 5.75 Å². The molecule has 2 rings (SSSR count). The largest absolute Gasteiger partial charge is 0.362 e. The fourth-order valence-corrected chi connectivity index (χ4v) is 2.34. The molecule has 0 aliphatic carbocycles. The van der Waals surface area contributed by atoms with Crippen LogP contribution in [0.15, 0.2) is 23.2 Å². The first-order valence-electron chi connectivity index (χ1n) is 5.03. The molecule has 1 heterocycles. The average molecular weight is 242 g/mol. The van der Waals surface area contributed by atoms with Crippen molar-refractivity contribution in [2.24, 2.45) is 4.99 Å². The number of hydrogen-bond donors (Lipinski definition) is 1. The lowest BCUT2D eigenvalue weighted by atomic mass is 10.2. The maximum absolute atomic E-state index is 13.3. The van der Waals surface area contributed by atoms with E-state index in [1.807, 2.05) is 0 Å². The Labute approximate surface area is 97.1 Å². The van der Waals surface area contributed by atoms with Crippen LogP contribution in [0, 0.1) is 11.6 Å². The van der Waals surface area contributed by atoms with E-state index in [0.717, 1.165) is 23.1 Å². The summed E-state index contributed by atoms with van der Waals surface area (Å²) in [6.45, 7) is 2.23. The molecule has 1 aliphatic heterocycles. The van der Waals surface area contributed by atoms with Crippen LogP contribution in [0.3, 0.4) is 0 Å². The van der Waals surface area contributed by atoms with Gasteiger partial charge in [0.2, 0.25) is 0 Å². The standard InChI is InChI=1S/C11H12F2N2S/c1-7-6-16-11(15-7)14-5-8-4-9(12)2-3-10(8)13/h2-4,7H,5-6H2,1H3,(H,14,15). The van der Waals surface area contributed by atoms with Crippen LogP contribution in [0.4, 0.5) is 8.78 Å². The van der Waals surface area contributed by atoms with Crippen molar-refractivity contribution < 1.29 is 8.78 Å². The minimum atomic E-state index is -0.433. The summed E-state index contributed by atoms with van der Waals surface area (Å²) in [5, 5.41) is 3.96. The summed E-state index contributed by atoms with van der Waals surface area (Å²) in [6, 6.07) is 3.81. The van der Waals surface area contributed by atoms with E-state index in [2.05, 4.69) is 17.2 Å². The van der Waals surface area contributed by atoms with E-state index in [1.54, 1.807) is 11.8 Å². The minimum Gasteiger partial charge on any atom is -0.362 e. The summed E-state index contributed by atoms with van der Waals surface area (Å²) in [5.74, 6) is 0.114. The molecule has 1 aliphatic rings. The van der Waals surface area contributed by atoms with Crippen molar-refractivity contribution in [2.45, 2.75) is 19.5 Å². The van der Waals surface area contributed by atoms with Crippen LogP contribution in [0.25, 0.3) is 0 Å². The normalized spacial score (nSPS) is 22.4. The van der Waals surface area contributed by atoms with Crippen molar-refractivity contribution >= 4 is 16.9 Å². The predicted octanol–water partition coefficient (Wildman–Crippen LogP) is 2.55. The Morgan fingerprint density at radius 3 is 3.00 bits per heavy atom. The van der Waals surface area contributed by atoms with Gasteiger partial charge in [-0.1, -0.05) is 11.8 Å². The fraction of sp³-hybridized carbons (Fsp3) is 0.364. The topological polar surface area (TPSA) is 24.4 Å². The van der Waals surface area contributed by atoms with Gasteiger partial charge in [0, 0.05) is 17.4 Å². The van der Waals surface area contributed by atoms with Crippen molar-refractivity contribution in [3.63, 3.8) is 0 Å². The van der Waals surface area contributed by atoms with E-state index in [-0.39, 0.29) is 12.1 Å². The van der Waals surface area contributed by atoms with Gasteiger partial charge in [0.1, 0.15) is 11.6 Å². The van der Waals surface area contributed by atoms with E-state index in [0.29, 0.717) is 6.04 Å². The molecular formula is C11H12F2N2S. The lowest BCUT2D eigenvalue weighted by Gasteiger charge is -2.02. The van der Waals surface area contributed by atoms with Gasteiger partial charge >= 0.3 is 0 Å². The summed E-state index contributed by atoms with van der Waals surface area (Å²) >= 11 is 1.60. The summed E-state index contributed by atoms with van der Waals surface area (Å²) in [7, 11) is 0. The van der Waals surface area contributed by atoms with Gasteiger partial charge in [0.05, 0.1) is 6.54 Å². The molecule has 0 radical (unpaired) electrons. The van der Waals surface area contributed by atoms with Gasteiger partial charge in [-0.15, -0.1) is 0 Å². The van der Waals surface area contributed by atoms with Crippen molar-refractivity contribution in [1.82, 2.24) is 5.32 Å². The van der Waals surface area contributed by atoms with E-state index in [4.69, 9.17) is 0 Å². The van der Waals surface area contributed by atoms with Gasteiger partial charge < -0.3 is 5.32 Å². The minimum absolute atomic E-state index is 0.172. The molecule has 1 aromatic carbocycles. The first kappa shape index (κ1) is 11.4. The second kappa shape index (κ2) is 4.82. The highest BCUT2D eigenvalue weighted by Crippen LogP contribution is 2.15. The van der Waals surface area contributed by atoms with Gasteiger partial charge in [0.15, 0.2) is 5.17 Å². The molecule has 1 N–H and O–H groups in total. The Bertz CT molecular complexity index is 420. The number of nitrogens with zero attached hydrogens (tertiary/aromatic N) is 1. The van der Waals surface area contributed by atoms with E-state index >= 15 is 0 Å². The molecule has 5 heteroatoms. The Hall–Kier alpha value is -1.10. The molecule has 16 heavy (non-hydrogen) atoms. The van der Waals surface area contributed by atoms with Crippen LogP contribution in [-0.2, 0) is 6.54 Å². The zero-order valence-electron chi connectivity index (χ0n) is 8.84. The SMILES string of the molecule is CC1CSC(=NCc2cc(F)ccc2F)N1. The molecule has 2 nitrogen and oxygen atoms in total. The molecular weight excluding hydrogens is 230 g/mol. The lowest BCUT2D eigenvalue weighted by Crippen LogP contribution is -2.23. The molecule has 1 atom stereocenters. The van der Waals surface area contributed by atoms with Crippen molar-refractivity contribution in [3.05, 3.63) is 35.4 Å². The zero-order valence-corrected chi connectivity index (χ0v) is 9.65. The molecule has 86 valence electrons. The van der Waals surface area contributed by atoms with E-state index in [1.165, 1.54) is 6.07 Å². The van der Waals surface area contributed by atoms with Gasteiger partial charge in [-0.3, -0.25) is 4.99 Å². The highest BCUT2D eigenvalue weighted by molar-refractivity contribution is 8.14.